The van der Waals surface area contributed by atoms with E-state index in [1.165, 1.54) is 50.5 Å². The molecular formula is C12H22S. The average molecular weight is 198 g/mol. The molecule has 1 saturated carbocycles. The average Bonchev–Trinajstić information content (AvgIpc) is 2.19. The van der Waals surface area contributed by atoms with E-state index in [-0.39, 0.29) is 0 Å². The third kappa shape index (κ3) is 4.75. The highest BCUT2D eigenvalue weighted by Gasteiger charge is 2.11. The zero-order valence-electron chi connectivity index (χ0n) is 8.76. The van der Waals surface area contributed by atoms with E-state index in [2.05, 4.69) is 25.6 Å². The van der Waals surface area contributed by atoms with Gasteiger partial charge in [0, 0.05) is 5.75 Å². The molecule has 0 nitrogen and oxygen atoms in total. The third-order valence-corrected chi connectivity index (χ3v) is 3.54. The van der Waals surface area contributed by atoms with Crippen LogP contribution in [0.1, 0.15) is 51.9 Å². The predicted octanol–water partition coefficient (Wildman–Crippen LogP) is 4.22. The molecule has 0 aromatic rings. The van der Waals surface area contributed by atoms with Gasteiger partial charge in [-0.15, -0.1) is 0 Å². The molecule has 0 aliphatic heterocycles. The molecule has 0 aromatic heterocycles. The second-order valence-corrected chi connectivity index (χ2v) is 4.61. The minimum Gasteiger partial charge on any atom is -0.175 e. The molecule has 0 unspecified atom stereocenters. The number of thiol groups is 1. The van der Waals surface area contributed by atoms with Crippen LogP contribution in [0.3, 0.4) is 0 Å². The summed E-state index contributed by atoms with van der Waals surface area (Å²) in [5, 5.41) is 0. The Bertz CT molecular complexity index is 155. The Hall–Kier alpha value is 0.0900. The van der Waals surface area contributed by atoms with Crippen molar-refractivity contribution in [2.24, 2.45) is 5.92 Å². The summed E-state index contributed by atoms with van der Waals surface area (Å²) < 4.78 is 0. The summed E-state index contributed by atoms with van der Waals surface area (Å²) in [6.07, 6.45) is 12.4. The Morgan fingerprint density at radius 2 is 2.00 bits per heavy atom. The largest absolute Gasteiger partial charge is 0.175 e. The van der Waals surface area contributed by atoms with E-state index < -0.39 is 0 Å². The quantitative estimate of drug-likeness (QED) is 0.507. The van der Waals surface area contributed by atoms with Gasteiger partial charge in [-0.2, -0.15) is 12.6 Å². The van der Waals surface area contributed by atoms with Crippen LogP contribution in [0.15, 0.2) is 11.6 Å². The summed E-state index contributed by atoms with van der Waals surface area (Å²) in [5.74, 6) is 1.95. The van der Waals surface area contributed by atoms with Crippen molar-refractivity contribution < 1.29 is 0 Å². The number of allylic oxidation sites excluding steroid dienone is 1. The summed E-state index contributed by atoms with van der Waals surface area (Å²) in [4.78, 5) is 0. The van der Waals surface area contributed by atoms with Crippen molar-refractivity contribution in [1.29, 1.82) is 0 Å². The van der Waals surface area contributed by atoms with Crippen LogP contribution < -0.4 is 0 Å². The van der Waals surface area contributed by atoms with Crippen molar-refractivity contribution in [2.45, 2.75) is 51.9 Å². The van der Waals surface area contributed by atoms with E-state index in [9.17, 15) is 0 Å². The Morgan fingerprint density at radius 1 is 1.31 bits per heavy atom. The zero-order valence-corrected chi connectivity index (χ0v) is 9.65. The smallest absolute Gasteiger partial charge is 0.0110 e. The molecule has 1 aliphatic carbocycles. The fraction of sp³-hybridized carbons (Fsp3) is 0.833. The number of hydrogen-bond donors (Lipinski definition) is 1. The second-order valence-electron chi connectivity index (χ2n) is 4.29. The highest BCUT2D eigenvalue weighted by atomic mass is 32.1. The molecule has 13 heavy (non-hydrogen) atoms. The molecule has 0 N–H and O–H groups in total. The van der Waals surface area contributed by atoms with E-state index in [0.717, 1.165) is 11.7 Å². The molecule has 76 valence electrons. The van der Waals surface area contributed by atoms with Crippen LogP contribution in [-0.4, -0.2) is 5.75 Å². The van der Waals surface area contributed by atoms with Crippen molar-refractivity contribution in [1.82, 2.24) is 0 Å². The van der Waals surface area contributed by atoms with Gasteiger partial charge in [-0.05, 0) is 25.7 Å². The van der Waals surface area contributed by atoms with Crippen molar-refractivity contribution in [2.75, 3.05) is 5.75 Å². The number of hydrogen-bond acceptors (Lipinski definition) is 1. The van der Waals surface area contributed by atoms with Crippen LogP contribution >= 0.6 is 12.6 Å². The lowest BCUT2D eigenvalue weighted by atomic mass is 9.86. The van der Waals surface area contributed by atoms with Gasteiger partial charge in [0.05, 0.1) is 0 Å². The predicted molar refractivity (Wildman–Crippen MR) is 63.4 cm³/mol. The third-order valence-electron chi connectivity index (χ3n) is 3.04. The molecular weight excluding hydrogens is 176 g/mol. The van der Waals surface area contributed by atoms with Gasteiger partial charge in [0.1, 0.15) is 0 Å². The normalized spacial score (nSPS) is 20.6. The Balaban J connectivity index is 2.10. The standard InChI is InChI=1S/C12H22S/c1-11(10-13)6-5-9-12-7-3-2-4-8-12/h6,12-13H,2-5,7-10H2,1H3. The van der Waals surface area contributed by atoms with Crippen LogP contribution in [0.4, 0.5) is 0 Å². The Morgan fingerprint density at radius 3 is 2.62 bits per heavy atom. The molecule has 0 heterocycles. The van der Waals surface area contributed by atoms with Crippen LogP contribution in [0, 0.1) is 5.92 Å². The Labute approximate surface area is 88.2 Å². The van der Waals surface area contributed by atoms with Crippen molar-refractivity contribution in [3.63, 3.8) is 0 Å². The molecule has 0 amide bonds. The maximum atomic E-state index is 4.25. The second kappa shape index (κ2) is 6.53. The highest BCUT2D eigenvalue weighted by Crippen LogP contribution is 2.27. The van der Waals surface area contributed by atoms with Gasteiger partial charge < -0.3 is 0 Å². The molecule has 1 fully saturated rings. The van der Waals surface area contributed by atoms with Gasteiger partial charge in [-0.25, -0.2) is 0 Å². The van der Waals surface area contributed by atoms with E-state index in [0.29, 0.717) is 0 Å². The van der Waals surface area contributed by atoms with Gasteiger partial charge in [0.2, 0.25) is 0 Å². The summed E-state index contributed by atoms with van der Waals surface area (Å²) in [5.41, 5.74) is 1.43. The lowest BCUT2D eigenvalue weighted by Crippen LogP contribution is -2.05. The lowest BCUT2D eigenvalue weighted by Gasteiger charge is -2.20. The Kier molecular flexibility index (Phi) is 5.61. The number of rotatable bonds is 4. The van der Waals surface area contributed by atoms with E-state index in [1.807, 2.05) is 0 Å². The lowest BCUT2D eigenvalue weighted by molar-refractivity contribution is 0.341. The first-order valence-corrected chi connectivity index (χ1v) is 6.22. The van der Waals surface area contributed by atoms with Crippen LogP contribution in [0.5, 0.6) is 0 Å². The molecule has 0 radical (unpaired) electrons. The first-order chi connectivity index (χ1) is 6.33. The van der Waals surface area contributed by atoms with Crippen molar-refractivity contribution >= 4 is 12.6 Å². The van der Waals surface area contributed by atoms with Crippen LogP contribution in [0.25, 0.3) is 0 Å². The molecule has 0 atom stereocenters. The zero-order chi connectivity index (χ0) is 9.52. The molecule has 0 saturated heterocycles. The van der Waals surface area contributed by atoms with Crippen LogP contribution in [0.2, 0.25) is 0 Å². The summed E-state index contributed by atoms with van der Waals surface area (Å²) >= 11 is 4.25. The topological polar surface area (TPSA) is 0 Å². The van der Waals surface area contributed by atoms with E-state index in [1.54, 1.807) is 0 Å². The summed E-state index contributed by atoms with van der Waals surface area (Å²) in [7, 11) is 0. The minimum atomic E-state index is 0.921. The molecule has 0 bridgehead atoms. The van der Waals surface area contributed by atoms with Gasteiger partial charge in [-0.3, -0.25) is 0 Å². The summed E-state index contributed by atoms with van der Waals surface area (Å²) in [6.45, 7) is 2.17. The first kappa shape index (κ1) is 11.2. The monoisotopic (exact) mass is 198 g/mol. The molecule has 1 aliphatic rings. The van der Waals surface area contributed by atoms with Gasteiger partial charge in [-0.1, -0.05) is 43.8 Å². The van der Waals surface area contributed by atoms with E-state index >= 15 is 0 Å². The van der Waals surface area contributed by atoms with Crippen molar-refractivity contribution in [3.8, 4) is 0 Å². The summed E-state index contributed by atoms with van der Waals surface area (Å²) in [6, 6.07) is 0. The molecule has 1 heteroatoms. The fourth-order valence-electron chi connectivity index (χ4n) is 2.11. The van der Waals surface area contributed by atoms with Gasteiger partial charge in [0.25, 0.3) is 0 Å². The van der Waals surface area contributed by atoms with Gasteiger partial charge >= 0.3 is 0 Å². The maximum absolute atomic E-state index is 4.25. The molecule has 0 spiro atoms. The van der Waals surface area contributed by atoms with E-state index in [4.69, 9.17) is 0 Å². The fourth-order valence-corrected chi connectivity index (χ4v) is 2.23. The first-order valence-electron chi connectivity index (χ1n) is 5.59. The minimum absolute atomic E-state index is 0.921. The highest BCUT2D eigenvalue weighted by molar-refractivity contribution is 7.80. The SMILES string of the molecule is CC(=CCCC1CCCCC1)CS. The maximum Gasteiger partial charge on any atom is 0.0110 e. The molecule has 1 rings (SSSR count). The van der Waals surface area contributed by atoms with Crippen molar-refractivity contribution in [3.05, 3.63) is 11.6 Å². The molecule has 0 aromatic carbocycles. The van der Waals surface area contributed by atoms with Crippen LogP contribution in [-0.2, 0) is 0 Å². The van der Waals surface area contributed by atoms with Gasteiger partial charge in [0.15, 0.2) is 0 Å².